The van der Waals surface area contributed by atoms with Gasteiger partial charge in [-0.05, 0) is 49.4 Å². The third-order valence-electron chi connectivity index (χ3n) is 4.06. The molecule has 26 heavy (non-hydrogen) atoms. The van der Waals surface area contributed by atoms with Crippen LogP contribution in [0, 0.1) is 5.82 Å². The van der Waals surface area contributed by atoms with Crippen LogP contribution in [0.4, 0.5) is 4.39 Å². The van der Waals surface area contributed by atoms with Gasteiger partial charge in [-0.1, -0.05) is 0 Å². The molecular formula is C19H16FN3O2S. The zero-order chi connectivity index (χ0) is 18.1. The quantitative estimate of drug-likeness (QED) is 0.658. The molecule has 2 heterocycles. The molecule has 0 saturated carbocycles. The molecule has 0 unspecified atom stereocenters. The number of hydrogen-bond donors (Lipinski definition) is 0. The summed E-state index contributed by atoms with van der Waals surface area (Å²) in [7, 11) is 1.72. The number of ether oxygens (including phenoxy) is 2. The van der Waals surface area contributed by atoms with Gasteiger partial charge in [-0.2, -0.15) is 5.10 Å². The van der Waals surface area contributed by atoms with E-state index in [1.54, 1.807) is 23.9 Å². The Morgan fingerprint density at radius 1 is 1.12 bits per heavy atom. The van der Waals surface area contributed by atoms with E-state index in [9.17, 15) is 4.39 Å². The summed E-state index contributed by atoms with van der Waals surface area (Å²) < 4.78 is 25.8. The number of rotatable bonds is 3. The van der Waals surface area contributed by atoms with E-state index in [2.05, 4.69) is 4.99 Å². The number of thiazole rings is 1. The Morgan fingerprint density at radius 3 is 2.65 bits per heavy atom. The Hall–Kier alpha value is -2.93. The largest absolute Gasteiger partial charge is 0.454 e. The Labute approximate surface area is 153 Å². The molecule has 3 aromatic rings. The highest BCUT2D eigenvalue weighted by Crippen LogP contribution is 2.32. The fourth-order valence-electron chi connectivity index (χ4n) is 2.70. The standard InChI is InChI=1S/C19H16FN3O2S/c1-12(14-5-8-17-18(9-14)25-11-24-17)22-23-16(10-26-19(23)21-2)13-3-6-15(20)7-4-13/h3-10H,11H2,1-2H3. The van der Waals surface area contributed by atoms with Crippen LogP contribution in [0.5, 0.6) is 11.5 Å². The molecule has 132 valence electrons. The lowest BCUT2D eigenvalue weighted by Crippen LogP contribution is -2.13. The molecule has 4 rings (SSSR count). The van der Waals surface area contributed by atoms with Crippen molar-refractivity contribution in [2.75, 3.05) is 13.8 Å². The number of fused-ring (bicyclic) bond motifs is 1. The lowest BCUT2D eigenvalue weighted by molar-refractivity contribution is 0.174. The lowest BCUT2D eigenvalue weighted by atomic mass is 10.1. The number of aromatic nitrogens is 1. The Balaban J connectivity index is 1.78. The molecule has 1 aliphatic heterocycles. The normalized spacial score (nSPS) is 14.1. The zero-order valence-electron chi connectivity index (χ0n) is 14.3. The van der Waals surface area contributed by atoms with Gasteiger partial charge in [0.25, 0.3) is 0 Å². The van der Waals surface area contributed by atoms with Gasteiger partial charge in [-0.25, -0.2) is 9.07 Å². The van der Waals surface area contributed by atoms with Crippen LogP contribution in [0.3, 0.4) is 0 Å². The van der Waals surface area contributed by atoms with Crippen molar-refractivity contribution in [1.82, 2.24) is 4.68 Å². The van der Waals surface area contributed by atoms with E-state index >= 15 is 0 Å². The van der Waals surface area contributed by atoms with Crippen molar-refractivity contribution in [3.63, 3.8) is 0 Å². The summed E-state index contributed by atoms with van der Waals surface area (Å²) in [4.78, 5) is 5.05. The smallest absolute Gasteiger partial charge is 0.231 e. The molecule has 0 spiro atoms. The van der Waals surface area contributed by atoms with Gasteiger partial charge in [0.2, 0.25) is 11.6 Å². The molecule has 2 aromatic carbocycles. The maximum absolute atomic E-state index is 13.2. The van der Waals surface area contributed by atoms with E-state index in [0.29, 0.717) is 5.75 Å². The molecular weight excluding hydrogens is 353 g/mol. The van der Waals surface area contributed by atoms with E-state index in [4.69, 9.17) is 14.6 Å². The molecule has 0 amide bonds. The lowest BCUT2D eigenvalue weighted by Gasteiger charge is -2.07. The van der Waals surface area contributed by atoms with Gasteiger partial charge in [0.1, 0.15) is 5.82 Å². The van der Waals surface area contributed by atoms with E-state index in [-0.39, 0.29) is 12.6 Å². The summed E-state index contributed by atoms with van der Waals surface area (Å²) in [5.74, 6) is 1.18. The third-order valence-corrected chi connectivity index (χ3v) is 4.96. The van der Waals surface area contributed by atoms with Crippen molar-refractivity contribution < 1.29 is 13.9 Å². The first-order chi connectivity index (χ1) is 12.7. The van der Waals surface area contributed by atoms with Crippen LogP contribution in [-0.2, 0) is 0 Å². The van der Waals surface area contributed by atoms with Crippen LogP contribution in [0.25, 0.3) is 11.3 Å². The molecule has 0 saturated heterocycles. The van der Waals surface area contributed by atoms with E-state index in [0.717, 1.165) is 33.1 Å². The van der Waals surface area contributed by atoms with E-state index in [1.165, 1.54) is 23.5 Å². The van der Waals surface area contributed by atoms with Gasteiger partial charge in [0.15, 0.2) is 11.5 Å². The molecule has 1 aromatic heterocycles. The average molecular weight is 369 g/mol. The summed E-state index contributed by atoms with van der Waals surface area (Å²) >= 11 is 1.48. The first kappa shape index (κ1) is 16.5. The SMILES string of the molecule is CN=c1scc(-c2ccc(F)cc2)n1N=C(C)c1ccc2c(c1)OCO2. The number of hydrogen-bond acceptors (Lipinski definition) is 5. The van der Waals surface area contributed by atoms with Gasteiger partial charge in [0, 0.05) is 23.6 Å². The number of nitrogens with zero attached hydrogens (tertiary/aromatic N) is 3. The van der Waals surface area contributed by atoms with Crippen LogP contribution in [0.1, 0.15) is 12.5 Å². The summed E-state index contributed by atoms with van der Waals surface area (Å²) in [5, 5.41) is 6.71. The van der Waals surface area contributed by atoms with Gasteiger partial charge in [-0.3, -0.25) is 4.99 Å². The molecule has 0 fully saturated rings. The molecule has 5 nitrogen and oxygen atoms in total. The highest BCUT2D eigenvalue weighted by atomic mass is 32.1. The first-order valence-electron chi connectivity index (χ1n) is 8.00. The third kappa shape index (κ3) is 3.01. The first-order valence-corrected chi connectivity index (χ1v) is 8.88. The fraction of sp³-hybridized carbons (Fsp3) is 0.158. The zero-order valence-corrected chi connectivity index (χ0v) is 15.1. The molecule has 0 radical (unpaired) electrons. The highest BCUT2D eigenvalue weighted by Gasteiger charge is 2.15. The van der Waals surface area contributed by atoms with Crippen LogP contribution in [0.2, 0.25) is 0 Å². The predicted molar refractivity (Wildman–Crippen MR) is 99.4 cm³/mol. The summed E-state index contributed by atoms with van der Waals surface area (Å²) in [6.45, 7) is 2.16. The van der Waals surface area contributed by atoms with E-state index in [1.807, 2.05) is 30.5 Å². The molecule has 0 bridgehead atoms. The van der Waals surface area contributed by atoms with Crippen LogP contribution in [-0.4, -0.2) is 24.2 Å². The van der Waals surface area contributed by atoms with Gasteiger partial charge in [-0.15, -0.1) is 11.3 Å². The highest BCUT2D eigenvalue weighted by molar-refractivity contribution is 7.07. The molecule has 0 atom stereocenters. The second kappa shape index (κ2) is 6.76. The van der Waals surface area contributed by atoms with Crippen molar-refractivity contribution in [2.45, 2.75) is 6.92 Å². The van der Waals surface area contributed by atoms with Crippen molar-refractivity contribution in [1.29, 1.82) is 0 Å². The molecule has 7 heteroatoms. The predicted octanol–water partition coefficient (Wildman–Crippen LogP) is 3.89. The summed E-state index contributed by atoms with van der Waals surface area (Å²) in [6.07, 6.45) is 0. The minimum atomic E-state index is -0.268. The van der Waals surface area contributed by atoms with Crippen LogP contribution in [0.15, 0.2) is 57.9 Å². The van der Waals surface area contributed by atoms with Crippen LogP contribution < -0.4 is 14.3 Å². The molecule has 0 N–H and O–H groups in total. The second-order valence-corrected chi connectivity index (χ2v) is 6.54. The van der Waals surface area contributed by atoms with Crippen LogP contribution >= 0.6 is 11.3 Å². The van der Waals surface area contributed by atoms with Crippen molar-refractivity contribution >= 4 is 17.0 Å². The number of halogens is 1. The summed E-state index contributed by atoms with van der Waals surface area (Å²) in [6, 6.07) is 12.1. The number of benzene rings is 2. The minimum Gasteiger partial charge on any atom is -0.454 e. The van der Waals surface area contributed by atoms with Crippen molar-refractivity contribution in [3.8, 4) is 22.8 Å². The van der Waals surface area contributed by atoms with Gasteiger partial charge >= 0.3 is 0 Å². The van der Waals surface area contributed by atoms with Crippen molar-refractivity contribution in [2.24, 2.45) is 10.1 Å². The molecule has 0 aliphatic carbocycles. The van der Waals surface area contributed by atoms with Gasteiger partial charge in [0.05, 0.1) is 11.4 Å². The Bertz CT molecular complexity index is 1050. The maximum Gasteiger partial charge on any atom is 0.231 e. The minimum absolute atomic E-state index is 0.238. The fourth-order valence-corrected chi connectivity index (χ4v) is 3.49. The van der Waals surface area contributed by atoms with Crippen molar-refractivity contribution in [3.05, 3.63) is 64.0 Å². The Kier molecular flexibility index (Phi) is 4.30. The molecule has 1 aliphatic rings. The topological polar surface area (TPSA) is 48.1 Å². The maximum atomic E-state index is 13.2. The Morgan fingerprint density at radius 2 is 1.88 bits per heavy atom. The summed E-state index contributed by atoms with van der Waals surface area (Å²) in [5.41, 5.74) is 3.47. The van der Waals surface area contributed by atoms with E-state index < -0.39 is 0 Å². The average Bonchev–Trinajstić information content (AvgIpc) is 3.28. The second-order valence-electron chi connectivity index (χ2n) is 5.70. The monoisotopic (exact) mass is 369 g/mol. The van der Waals surface area contributed by atoms with Gasteiger partial charge < -0.3 is 9.47 Å².